The Morgan fingerprint density at radius 1 is 1.00 bits per heavy atom. The van der Waals surface area contributed by atoms with Crippen molar-refractivity contribution in [1.29, 1.82) is 0 Å². The van der Waals surface area contributed by atoms with Crippen LogP contribution in [-0.2, 0) is 20.5 Å². The zero-order chi connectivity index (χ0) is 35.3. The average molecular weight is 685 g/mol. The first-order valence-electron chi connectivity index (χ1n) is 18.3. The first-order chi connectivity index (χ1) is 23.9. The molecule has 0 unspecified atom stereocenters. The molecular weight excluding hydrogens is 632 g/mol. The number of likely N-dealkylation sites (tertiary alicyclic amines) is 1. The zero-order valence-corrected chi connectivity index (χ0v) is 30.2. The minimum atomic E-state index is -0.464. The molecule has 1 aliphatic heterocycles. The fourth-order valence-electron chi connectivity index (χ4n) is 8.67. The number of anilines is 1. The lowest BCUT2D eigenvalue weighted by Gasteiger charge is -2.55. The number of hydrogen-bond acceptors (Lipinski definition) is 8. The van der Waals surface area contributed by atoms with Crippen molar-refractivity contribution in [3.63, 3.8) is 0 Å². The number of rotatable bonds is 8. The SMILES string of the molecule is COc1ccc(C23CCC(CN(c4cncc(-c5cnn(C(C)(C)C)c5)n4)C(=O)[C@H]4CC[C@H](OC(=O)N5CC(O)C5)CC4)(CC2)CC3)cc1C. The van der Waals surface area contributed by atoms with Crippen LogP contribution in [0.4, 0.5) is 10.6 Å². The topological polar surface area (TPSA) is 123 Å². The molecule has 3 aromatic rings. The van der Waals surface area contributed by atoms with E-state index in [4.69, 9.17) is 14.5 Å². The van der Waals surface area contributed by atoms with Crippen molar-refractivity contribution in [3.8, 4) is 17.0 Å². The first kappa shape index (κ1) is 34.5. The van der Waals surface area contributed by atoms with E-state index in [0.29, 0.717) is 56.8 Å². The third kappa shape index (κ3) is 6.73. The van der Waals surface area contributed by atoms with E-state index in [1.807, 2.05) is 22.0 Å². The van der Waals surface area contributed by atoms with Gasteiger partial charge in [0.2, 0.25) is 5.91 Å². The van der Waals surface area contributed by atoms with Crippen LogP contribution in [0.3, 0.4) is 0 Å². The van der Waals surface area contributed by atoms with E-state index in [9.17, 15) is 14.7 Å². The third-order valence-corrected chi connectivity index (χ3v) is 12.0. The number of methoxy groups -OCH3 is 1. The lowest BCUT2D eigenvalue weighted by Crippen LogP contribution is -2.54. The summed E-state index contributed by atoms with van der Waals surface area (Å²) in [6, 6.07) is 6.68. The number of nitrogens with zero attached hydrogens (tertiary/aromatic N) is 6. The summed E-state index contributed by atoms with van der Waals surface area (Å²) >= 11 is 0. The lowest BCUT2D eigenvalue weighted by molar-refractivity contribution is -0.124. The molecule has 4 aliphatic carbocycles. The van der Waals surface area contributed by atoms with Gasteiger partial charge in [0.05, 0.1) is 56.1 Å². The maximum atomic E-state index is 14.6. The molecule has 268 valence electrons. The number of carbonyl (C=O) groups excluding carboxylic acids is 2. The van der Waals surface area contributed by atoms with Gasteiger partial charge >= 0.3 is 6.09 Å². The molecule has 0 radical (unpaired) electrons. The maximum Gasteiger partial charge on any atom is 0.410 e. The maximum absolute atomic E-state index is 14.6. The highest BCUT2D eigenvalue weighted by molar-refractivity contribution is 5.94. The molecule has 3 heterocycles. The summed E-state index contributed by atoms with van der Waals surface area (Å²) in [5.41, 5.74) is 4.17. The molecule has 2 amide bonds. The Hall–Kier alpha value is -3.99. The molecule has 0 spiro atoms. The number of ether oxygens (including phenoxy) is 2. The number of fused-ring (bicyclic) bond motifs is 3. The summed E-state index contributed by atoms with van der Waals surface area (Å²) in [7, 11) is 1.73. The Labute approximate surface area is 295 Å². The summed E-state index contributed by atoms with van der Waals surface area (Å²) in [5, 5.41) is 14.1. The highest BCUT2D eigenvalue weighted by Crippen LogP contribution is 2.58. The zero-order valence-electron chi connectivity index (χ0n) is 30.2. The Morgan fingerprint density at radius 2 is 1.70 bits per heavy atom. The van der Waals surface area contributed by atoms with Crippen LogP contribution < -0.4 is 9.64 Å². The number of benzene rings is 1. The lowest BCUT2D eigenvalue weighted by atomic mass is 9.51. The predicted octanol–water partition coefficient (Wildman–Crippen LogP) is 6.41. The molecule has 0 atom stereocenters. The molecule has 1 saturated heterocycles. The Bertz CT molecular complexity index is 1690. The van der Waals surface area contributed by atoms with E-state index in [2.05, 4.69) is 56.0 Å². The van der Waals surface area contributed by atoms with Gasteiger partial charge in [0, 0.05) is 24.2 Å². The van der Waals surface area contributed by atoms with Gasteiger partial charge in [-0.25, -0.2) is 9.78 Å². The number of β-amino-alcohol motifs (C(OH)–C–C–N with tert-alkyl or cyclic N) is 1. The highest BCUT2D eigenvalue weighted by atomic mass is 16.6. The second-order valence-corrected chi connectivity index (χ2v) is 16.4. The van der Waals surface area contributed by atoms with Crippen LogP contribution in [0.5, 0.6) is 5.75 Å². The van der Waals surface area contributed by atoms with Crippen molar-refractivity contribution in [1.82, 2.24) is 24.6 Å². The summed E-state index contributed by atoms with van der Waals surface area (Å²) in [6.07, 6.45) is 15.3. The Balaban J connectivity index is 1.10. The van der Waals surface area contributed by atoms with Crippen LogP contribution in [0.15, 0.2) is 43.0 Å². The number of aromatic nitrogens is 4. The number of aryl methyl sites for hydroxylation is 1. The smallest absolute Gasteiger partial charge is 0.410 e. The third-order valence-electron chi connectivity index (χ3n) is 12.0. The van der Waals surface area contributed by atoms with Crippen LogP contribution >= 0.6 is 0 Å². The second kappa shape index (κ2) is 13.3. The molecule has 1 N–H and O–H groups in total. The van der Waals surface area contributed by atoms with Gasteiger partial charge in [-0.1, -0.05) is 12.1 Å². The van der Waals surface area contributed by atoms with Crippen molar-refractivity contribution in [2.45, 2.75) is 115 Å². The van der Waals surface area contributed by atoms with Crippen LogP contribution in [-0.4, -0.2) is 80.7 Å². The van der Waals surface area contributed by atoms with Gasteiger partial charge in [0.1, 0.15) is 11.9 Å². The van der Waals surface area contributed by atoms with Gasteiger partial charge in [-0.05, 0) is 120 Å². The van der Waals surface area contributed by atoms with Gasteiger partial charge in [-0.15, -0.1) is 0 Å². The van der Waals surface area contributed by atoms with Crippen LogP contribution in [0.25, 0.3) is 11.3 Å². The molecule has 8 rings (SSSR count). The standard InChI is InChI=1S/C39H52N6O5/c1-26-18-29(8-11-33(26)49-5)39-15-12-38(13-16-39,14-17-39)25-44(34-21-40-20-32(42-34)28-19-41-45(22-28)37(2,3)4)35(47)27-6-9-31(10-7-27)50-36(48)43-23-30(46)24-43/h8,11,18-22,27,30-31,46H,6-7,9-10,12-17,23-25H2,1-5H3/t27-,31-,38?,39?. The summed E-state index contributed by atoms with van der Waals surface area (Å²) in [4.78, 5) is 40.3. The van der Waals surface area contributed by atoms with Gasteiger partial charge in [-0.3, -0.25) is 19.4 Å². The molecule has 11 heteroatoms. The van der Waals surface area contributed by atoms with E-state index in [1.165, 1.54) is 16.0 Å². The fraction of sp³-hybridized carbons (Fsp3) is 0.615. The van der Waals surface area contributed by atoms with Crippen LogP contribution in [0.2, 0.25) is 0 Å². The van der Waals surface area contributed by atoms with E-state index in [0.717, 1.165) is 49.8 Å². The fourth-order valence-corrected chi connectivity index (χ4v) is 8.67. The summed E-state index contributed by atoms with van der Waals surface area (Å²) in [5.74, 6) is 1.41. The highest BCUT2D eigenvalue weighted by Gasteiger charge is 2.51. The molecule has 4 saturated carbocycles. The first-order valence-corrected chi connectivity index (χ1v) is 18.3. The monoisotopic (exact) mass is 684 g/mol. The molecule has 2 aromatic heterocycles. The van der Waals surface area contributed by atoms with Gasteiger partial charge in [0.25, 0.3) is 0 Å². The number of hydrogen-bond donors (Lipinski definition) is 1. The van der Waals surface area contributed by atoms with Gasteiger partial charge < -0.3 is 19.5 Å². The number of aliphatic hydroxyl groups is 1. The molecule has 1 aromatic carbocycles. The Kier molecular flexibility index (Phi) is 9.16. The number of amides is 2. The predicted molar refractivity (Wildman–Crippen MR) is 190 cm³/mol. The van der Waals surface area contributed by atoms with E-state index >= 15 is 0 Å². The molecule has 5 aliphatic rings. The molecule has 2 bridgehead atoms. The number of carbonyl (C=O) groups is 2. The molecule has 5 fully saturated rings. The summed E-state index contributed by atoms with van der Waals surface area (Å²) in [6.45, 7) is 9.70. The van der Waals surface area contributed by atoms with Crippen molar-refractivity contribution in [2.75, 3.05) is 31.6 Å². The van der Waals surface area contributed by atoms with Crippen molar-refractivity contribution >= 4 is 17.8 Å². The van der Waals surface area contributed by atoms with E-state index in [1.54, 1.807) is 19.5 Å². The van der Waals surface area contributed by atoms with Crippen molar-refractivity contribution in [3.05, 3.63) is 54.1 Å². The van der Waals surface area contributed by atoms with Crippen LogP contribution in [0, 0.1) is 18.3 Å². The largest absolute Gasteiger partial charge is 0.496 e. The Morgan fingerprint density at radius 3 is 2.30 bits per heavy atom. The average Bonchev–Trinajstić information content (AvgIpc) is 3.62. The van der Waals surface area contributed by atoms with Crippen LogP contribution in [0.1, 0.15) is 96.1 Å². The van der Waals surface area contributed by atoms with E-state index in [-0.39, 0.29) is 40.4 Å². The molecular formula is C39H52N6O5. The quantitative estimate of drug-likeness (QED) is 0.289. The van der Waals surface area contributed by atoms with Crippen molar-refractivity contribution < 1.29 is 24.2 Å². The van der Waals surface area contributed by atoms with Crippen molar-refractivity contribution in [2.24, 2.45) is 11.3 Å². The van der Waals surface area contributed by atoms with Gasteiger partial charge in [-0.2, -0.15) is 5.10 Å². The minimum Gasteiger partial charge on any atom is -0.496 e. The molecule has 50 heavy (non-hydrogen) atoms. The molecule has 11 nitrogen and oxygen atoms in total. The van der Waals surface area contributed by atoms with Gasteiger partial charge in [0.15, 0.2) is 5.82 Å². The van der Waals surface area contributed by atoms with E-state index < -0.39 is 6.10 Å². The second-order valence-electron chi connectivity index (χ2n) is 16.4. The number of aliphatic hydroxyl groups excluding tert-OH is 1. The summed E-state index contributed by atoms with van der Waals surface area (Å²) < 4.78 is 13.2. The minimum absolute atomic E-state index is 0.0161. The normalized spacial score (nSPS) is 26.7.